The molecule has 3 aromatic heterocycles. The van der Waals surface area contributed by atoms with Crippen LogP contribution in [0.25, 0.3) is 20.4 Å². The van der Waals surface area contributed by atoms with E-state index in [0.717, 1.165) is 62.6 Å². The molecule has 0 bridgehead atoms. The zero-order valence-corrected chi connectivity index (χ0v) is 18.2. The molecule has 4 heterocycles. The lowest BCUT2D eigenvalue weighted by Gasteiger charge is -2.30. The van der Waals surface area contributed by atoms with Crippen LogP contribution in [-0.2, 0) is 24.2 Å². The summed E-state index contributed by atoms with van der Waals surface area (Å²) >= 11 is 1.65. The van der Waals surface area contributed by atoms with Crippen LogP contribution in [0.2, 0.25) is 0 Å². The summed E-state index contributed by atoms with van der Waals surface area (Å²) in [5.74, 6) is 1.74. The van der Waals surface area contributed by atoms with Gasteiger partial charge in [-0.3, -0.25) is 0 Å². The Labute approximate surface area is 179 Å². The fourth-order valence-corrected chi connectivity index (χ4v) is 4.96. The summed E-state index contributed by atoms with van der Waals surface area (Å²) < 4.78 is 12.3. The highest BCUT2D eigenvalue weighted by atomic mass is 32.1. The molecule has 0 unspecified atom stereocenters. The molecule has 0 atom stereocenters. The number of methoxy groups -OCH3 is 1. The van der Waals surface area contributed by atoms with E-state index in [1.54, 1.807) is 24.8 Å². The van der Waals surface area contributed by atoms with Crippen molar-refractivity contribution >= 4 is 37.6 Å². The highest BCUT2D eigenvalue weighted by molar-refractivity contribution is 7.25. The summed E-state index contributed by atoms with van der Waals surface area (Å²) in [5.41, 5.74) is 4.30. The van der Waals surface area contributed by atoms with Gasteiger partial charge in [0, 0.05) is 23.9 Å². The third kappa shape index (κ3) is 3.59. The highest BCUT2D eigenvalue weighted by Crippen LogP contribution is 2.37. The van der Waals surface area contributed by atoms with E-state index in [9.17, 15) is 0 Å². The molecule has 5 rings (SSSR count). The Kier molecular flexibility index (Phi) is 4.79. The molecule has 0 fully saturated rings. The van der Waals surface area contributed by atoms with E-state index in [1.165, 1.54) is 5.56 Å². The number of aromatic nitrogens is 3. The van der Waals surface area contributed by atoms with Gasteiger partial charge in [-0.1, -0.05) is 12.1 Å². The van der Waals surface area contributed by atoms with Gasteiger partial charge >= 0.3 is 0 Å². The predicted octanol–water partition coefficient (Wildman–Crippen LogP) is 4.75. The third-order valence-corrected chi connectivity index (χ3v) is 6.56. The number of hydrogen-bond donors (Lipinski definition) is 1. The first-order valence-corrected chi connectivity index (χ1v) is 10.9. The molecule has 4 aromatic rings. The maximum atomic E-state index is 5.97. The quantitative estimate of drug-likeness (QED) is 0.502. The topological polar surface area (TPSA) is 69.2 Å². The van der Waals surface area contributed by atoms with E-state index < -0.39 is 0 Å². The molecular formula is C23H24N4O2S. The second-order valence-corrected chi connectivity index (χ2v) is 9.20. The van der Waals surface area contributed by atoms with Crippen LogP contribution in [0.3, 0.4) is 0 Å². The average Bonchev–Trinajstić information content (AvgIpc) is 3.10. The minimum absolute atomic E-state index is 0.170. The number of hydrogen-bond acceptors (Lipinski definition) is 7. The minimum atomic E-state index is -0.170. The van der Waals surface area contributed by atoms with Crippen molar-refractivity contribution in [2.45, 2.75) is 38.9 Å². The SMILES string of the molecule is COc1cccc(CCNc2ncnc3c2sc2nc4c(cc23)COC(C)(C)C4)c1. The molecule has 7 heteroatoms. The monoisotopic (exact) mass is 420 g/mol. The molecular weight excluding hydrogens is 396 g/mol. The van der Waals surface area contributed by atoms with E-state index in [2.05, 4.69) is 47.3 Å². The zero-order chi connectivity index (χ0) is 20.7. The fraction of sp³-hybridized carbons (Fsp3) is 0.348. The van der Waals surface area contributed by atoms with Crippen LogP contribution >= 0.6 is 11.3 Å². The van der Waals surface area contributed by atoms with Crippen LogP contribution < -0.4 is 10.1 Å². The summed E-state index contributed by atoms with van der Waals surface area (Å²) in [6.45, 7) is 5.60. The molecule has 1 aromatic carbocycles. The van der Waals surface area contributed by atoms with Crippen molar-refractivity contribution in [2.24, 2.45) is 0 Å². The number of fused-ring (bicyclic) bond motifs is 4. The summed E-state index contributed by atoms with van der Waals surface area (Å²) in [7, 11) is 1.69. The van der Waals surface area contributed by atoms with Crippen LogP contribution in [0.1, 0.15) is 30.7 Å². The number of thiophene rings is 1. The summed E-state index contributed by atoms with van der Waals surface area (Å²) in [6.07, 6.45) is 3.33. The molecule has 0 saturated carbocycles. The van der Waals surface area contributed by atoms with Crippen LogP contribution in [-0.4, -0.2) is 34.2 Å². The van der Waals surface area contributed by atoms with E-state index in [4.69, 9.17) is 14.5 Å². The number of nitrogens with one attached hydrogen (secondary N) is 1. The van der Waals surface area contributed by atoms with Gasteiger partial charge in [-0.2, -0.15) is 0 Å². The lowest BCUT2D eigenvalue weighted by molar-refractivity contribution is -0.0411. The Morgan fingerprint density at radius 1 is 1.23 bits per heavy atom. The van der Waals surface area contributed by atoms with Crippen molar-refractivity contribution in [1.82, 2.24) is 15.0 Å². The van der Waals surface area contributed by atoms with Gasteiger partial charge in [-0.15, -0.1) is 11.3 Å². The molecule has 0 saturated heterocycles. The molecule has 154 valence electrons. The Balaban J connectivity index is 1.43. The van der Waals surface area contributed by atoms with Crippen molar-refractivity contribution in [2.75, 3.05) is 19.0 Å². The summed E-state index contributed by atoms with van der Waals surface area (Å²) in [4.78, 5) is 15.0. The first-order chi connectivity index (χ1) is 14.5. The summed E-state index contributed by atoms with van der Waals surface area (Å²) in [6, 6.07) is 10.3. The number of ether oxygens (including phenoxy) is 2. The van der Waals surface area contributed by atoms with Gasteiger partial charge in [0.15, 0.2) is 0 Å². The fourth-order valence-electron chi connectivity index (χ4n) is 3.86. The molecule has 1 aliphatic rings. The molecule has 30 heavy (non-hydrogen) atoms. The standard InChI is InChI=1S/C23H24N4O2S/c1-23(2)11-18-15(12-29-23)10-17-19-20(30-22(17)27-18)21(26-13-25-19)24-8-7-14-5-4-6-16(9-14)28-3/h4-6,9-10,13H,7-8,11-12H2,1-3H3,(H,24,25,26). The third-order valence-electron chi connectivity index (χ3n) is 5.47. The van der Waals surface area contributed by atoms with E-state index >= 15 is 0 Å². The second-order valence-electron chi connectivity index (χ2n) is 8.20. The van der Waals surface area contributed by atoms with Gasteiger partial charge in [0.2, 0.25) is 0 Å². The number of anilines is 1. The van der Waals surface area contributed by atoms with Gasteiger partial charge in [0.25, 0.3) is 0 Å². The van der Waals surface area contributed by atoms with Crippen LogP contribution in [0.4, 0.5) is 5.82 Å². The van der Waals surface area contributed by atoms with Gasteiger partial charge in [-0.25, -0.2) is 15.0 Å². The largest absolute Gasteiger partial charge is 0.497 e. The van der Waals surface area contributed by atoms with Crippen LogP contribution in [0.15, 0.2) is 36.7 Å². The molecule has 0 spiro atoms. The van der Waals surface area contributed by atoms with E-state index in [1.807, 2.05) is 12.1 Å². The number of pyridine rings is 1. The summed E-state index contributed by atoms with van der Waals surface area (Å²) in [5, 5.41) is 4.56. The van der Waals surface area contributed by atoms with Crippen LogP contribution in [0.5, 0.6) is 5.75 Å². The van der Waals surface area contributed by atoms with Gasteiger partial charge in [0.05, 0.1) is 35.2 Å². The zero-order valence-electron chi connectivity index (χ0n) is 17.4. The number of benzene rings is 1. The van der Waals surface area contributed by atoms with Gasteiger partial charge < -0.3 is 14.8 Å². The van der Waals surface area contributed by atoms with Crippen molar-refractivity contribution in [3.05, 3.63) is 53.5 Å². The minimum Gasteiger partial charge on any atom is -0.497 e. The molecule has 0 aliphatic carbocycles. The van der Waals surface area contributed by atoms with E-state index in [-0.39, 0.29) is 5.60 Å². The first kappa shape index (κ1) is 19.2. The lowest BCUT2D eigenvalue weighted by Crippen LogP contribution is -2.32. The maximum absolute atomic E-state index is 5.97. The first-order valence-electron chi connectivity index (χ1n) is 10.1. The Bertz CT molecular complexity index is 1230. The Hall–Kier alpha value is -2.77. The van der Waals surface area contributed by atoms with Gasteiger partial charge in [-0.05, 0) is 44.0 Å². The van der Waals surface area contributed by atoms with Crippen LogP contribution in [0, 0.1) is 0 Å². The lowest BCUT2D eigenvalue weighted by atomic mass is 9.95. The second kappa shape index (κ2) is 7.49. The molecule has 0 amide bonds. The van der Waals surface area contributed by atoms with E-state index in [0.29, 0.717) is 6.61 Å². The van der Waals surface area contributed by atoms with Crippen molar-refractivity contribution in [1.29, 1.82) is 0 Å². The smallest absolute Gasteiger partial charge is 0.147 e. The maximum Gasteiger partial charge on any atom is 0.147 e. The molecule has 1 aliphatic heterocycles. The molecule has 6 nitrogen and oxygen atoms in total. The number of nitrogens with zero attached hydrogens (tertiary/aromatic N) is 3. The highest BCUT2D eigenvalue weighted by Gasteiger charge is 2.28. The average molecular weight is 421 g/mol. The normalized spacial score (nSPS) is 15.3. The number of rotatable bonds is 5. The Morgan fingerprint density at radius 2 is 2.13 bits per heavy atom. The van der Waals surface area contributed by atoms with Crippen molar-refractivity contribution < 1.29 is 9.47 Å². The molecule has 1 N–H and O–H groups in total. The van der Waals surface area contributed by atoms with Crippen molar-refractivity contribution in [3.8, 4) is 5.75 Å². The predicted molar refractivity (Wildman–Crippen MR) is 120 cm³/mol. The van der Waals surface area contributed by atoms with Gasteiger partial charge in [0.1, 0.15) is 22.7 Å². The van der Waals surface area contributed by atoms with Crippen molar-refractivity contribution in [3.63, 3.8) is 0 Å². The Morgan fingerprint density at radius 3 is 3.00 bits per heavy atom. The molecule has 0 radical (unpaired) electrons.